The van der Waals surface area contributed by atoms with E-state index >= 15 is 0 Å². The minimum Gasteiger partial charge on any atom is -0.356 e. The van der Waals surface area contributed by atoms with Crippen LogP contribution in [0.25, 0.3) is 10.9 Å². The monoisotopic (exact) mass is 325 g/mol. The Labute approximate surface area is 117 Å². The molecule has 0 unspecified atom stereocenters. The molecular weight excluding hydrogens is 314 g/mol. The van der Waals surface area contributed by atoms with Crippen LogP contribution < -0.4 is 0 Å². The van der Waals surface area contributed by atoms with E-state index in [0.29, 0.717) is 4.60 Å². The largest absolute Gasteiger partial charge is 0.356 e. The highest BCUT2D eigenvalue weighted by atomic mass is 79.9. The average Bonchev–Trinajstić information content (AvgIpc) is 2.77. The molecule has 1 atom stereocenters. The first-order valence-corrected chi connectivity index (χ1v) is 6.90. The van der Waals surface area contributed by atoms with E-state index in [1.165, 1.54) is 12.1 Å². The van der Waals surface area contributed by atoms with Gasteiger partial charge in [-0.15, -0.1) is 0 Å². The first-order valence-electron chi connectivity index (χ1n) is 6.10. The van der Waals surface area contributed by atoms with E-state index in [-0.39, 0.29) is 11.9 Å². The predicted molar refractivity (Wildman–Crippen MR) is 72.9 cm³/mol. The van der Waals surface area contributed by atoms with Gasteiger partial charge in [-0.05, 0) is 41.3 Å². The summed E-state index contributed by atoms with van der Waals surface area (Å²) in [6.45, 7) is 0.733. The third-order valence-electron chi connectivity index (χ3n) is 3.28. The fraction of sp³-hybridized carbons (Fsp3) is 0.417. The topological polar surface area (TPSA) is 70.2 Å². The van der Waals surface area contributed by atoms with Crippen molar-refractivity contribution >= 4 is 32.5 Å². The number of aromatic nitrogens is 2. The average molecular weight is 326 g/mol. The lowest BCUT2D eigenvalue weighted by molar-refractivity contribution is -0.384. The van der Waals surface area contributed by atoms with Gasteiger partial charge in [-0.2, -0.15) is 5.10 Å². The Bertz CT molecular complexity index is 634. The van der Waals surface area contributed by atoms with Crippen LogP contribution in [0.2, 0.25) is 0 Å². The quantitative estimate of drug-likeness (QED) is 0.626. The molecule has 1 fully saturated rings. The zero-order valence-electron chi connectivity index (χ0n) is 10.1. The molecular formula is C12H12BrN3O3. The maximum atomic E-state index is 10.8. The number of ether oxygens (including phenoxy) is 1. The van der Waals surface area contributed by atoms with Gasteiger partial charge in [0.2, 0.25) is 0 Å². The SMILES string of the molecule is O=[N+]([O-])c1ccc2c(c1)c(Br)nn2[C@@H]1CCCCO1. The second-order valence-corrected chi connectivity index (χ2v) is 5.27. The van der Waals surface area contributed by atoms with Crippen LogP contribution in [0.4, 0.5) is 5.69 Å². The molecule has 1 aliphatic rings. The van der Waals surface area contributed by atoms with Crippen molar-refractivity contribution in [2.24, 2.45) is 0 Å². The number of rotatable bonds is 2. The predicted octanol–water partition coefficient (Wildman–Crippen LogP) is 3.41. The fourth-order valence-corrected chi connectivity index (χ4v) is 2.83. The van der Waals surface area contributed by atoms with Gasteiger partial charge in [0.05, 0.1) is 10.4 Å². The van der Waals surface area contributed by atoms with Gasteiger partial charge < -0.3 is 4.74 Å². The molecule has 0 saturated carbocycles. The molecule has 7 heteroatoms. The lowest BCUT2D eigenvalue weighted by Gasteiger charge is -2.23. The smallest absolute Gasteiger partial charge is 0.270 e. The van der Waals surface area contributed by atoms with Crippen molar-refractivity contribution in [2.75, 3.05) is 6.61 Å². The van der Waals surface area contributed by atoms with Gasteiger partial charge in [-0.25, -0.2) is 4.68 Å². The van der Waals surface area contributed by atoms with Crippen molar-refractivity contribution in [2.45, 2.75) is 25.5 Å². The lowest BCUT2D eigenvalue weighted by Crippen LogP contribution is -2.19. The molecule has 0 N–H and O–H groups in total. The summed E-state index contributed by atoms with van der Waals surface area (Å²) in [5.74, 6) is 0. The highest BCUT2D eigenvalue weighted by Gasteiger charge is 2.21. The second kappa shape index (κ2) is 4.90. The van der Waals surface area contributed by atoms with Crippen molar-refractivity contribution in [3.63, 3.8) is 0 Å². The number of fused-ring (bicyclic) bond motifs is 1. The third kappa shape index (κ3) is 2.23. The fourth-order valence-electron chi connectivity index (χ4n) is 2.34. The molecule has 0 spiro atoms. The van der Waals surface area contributed by atoms with Crippen molar-refractivity contribution in [3.8, 4) is 0 Å². The molecule has 100 valence electrons. The number of hydrogen-bond donors (Lipinski definition) is 0. The van der Waals surface area contributed by atoms with Crippen LogP contribution in [0.5, 0.6) is 0 Å². The van der Waals surface area contributed by atoms with Crippen molar-refractivity contribution in [3.05, 3.63) is 32.9 Å². The molecule has 0 aliphatic carbocycles. The molecule has 0 radical (unpaired) electrons. The van der Waals surface area contributed by atoms with E-state index in [1.807, 2.05) is 4.68 Å². The van der Waals surface area contributed by atoms with E-state index in [2.05, 4.69) is 21.0 Å². The Kier molecular flexibility index (Phi) is 3.24. The molecule has 1 aromatic carbocycles. The molecule has 1 aromatic heterocycles. The number of nitro groups is 1. The van der Waals surface area contributed by atoms with E-state index in [1.54, 1.807) is 6.07 Å². The summed E-state index contributed by atoms with van der Waals surface area (Å²) in [6.07, 6.45) is 3.02. The van der Waals surface area contributed by atoms with Gasteiger partial charge in [0.15, 0.2) is 6.23 Å². The van der Waals surface area contributed by atoms with Crippen LogP contribution in [0.15, 0.2) is 22.8 Å². The van der Waals surface area contributed by atoms with Gasteiger partial charge in [-0.3, -0.25) is 10.1 Å². The van der Waals surface area contributed by atoms with Crippen LogP contribution >= 0.6 is 15.9 Å². The van der Waals surface area contributed by atoms with Gasteiger partial charge in [-0.1, -0.05) is 0 Å². The number of halogens is 1. The molecule has 2 heterocycles. The number of hydrogen-bond acceptors (Lipinski definition) is 4. The molecule has 2 aromatic rings. The van der Waals surface area contributed by atoms with Gasteiger partial charge >= 0.3 is 0 Å². The highest BCUT2D eigenvalue weighted by molar-refractivity contribution is 9.10. The Balaban J connectivity index is 2.08. The normalized spacial score (nSPS) is 19.7. The summed E-state index contributed by atoms with van der Waals surface area (Å²) in [7, 11) is 0. The maximum absolute atomic E-state index is 10.8. The van der Waals surface area contributed by atoms with Crippen LogP contribution in [-0.4, -0.2) is 21.3 Å². The van der Waals surface area contributed by atoms with Crippen LogP contribution in [0.1, 0.15) is 25.5 Å². The van der Waals surface area contributed by atoms with E-state index in [0.717, 1.165) is 36.8 Å². The molecule has 0 bridgehead atoms. The summed E-state index contributed by atoms with van der Waals surface area (Å²) in [5.41, 5.74) is 0.918. The van der Waals surface area contributed by atoms with E-state index < -0.39 is 4.92 Å². The Hall–Kier alpha value is -1.47. The van der Waals surface area contributed by atoms with Gasteiger partial charge in [0.25, 0.3) is 5.69 Å². The summed E-state index contributed by atoms with van der Waals surface area (Å²) in [4.78, 5) is 10.4. The number of nitrogens with zero attached hydrogens (tertiary/aromatic N) is 3. The number of benzene rings is 1. The first-order chi connectivity index (χ1) is 9.16. The minimum absolute atomic E-state index is 0.0670. The van der Waals surface area contributed by atoms with Gasteiger partial charge in [0, 0.05) is 24.1 Å². The summed E-state index contributed by atoms with van der Waals surface area (Å²) in [6, 6.07) is 4.75. The minimum atomic E-state index is -0.402. The summed E-state index contributed by atoms with van der Waals surface area (Å²) >= 11 is 3.36. The number of nitro benzene ring substituents is 1. The van der Waals surface area contributed by atoms with Crippen LogP contribution in [-0.2, 0) is 4.74 Å². The van der Waals surface area contributed by atoms with Crippen molar-refractivity contribution in [1.82, 2.24) is 9.78 Å². The molecule has 0 amide bonds. The molecule has 19 heavy (non-hydrogen) atoms. The highest BCUT2D eigenvalue weighted by Crippen LogP contribution is 2.32. The lowest BCUT2D eigenvalue weighted by atomic mass is 10.2. The maximum Gasteiger partial charge on any atom is 0.270 e. The first kappa shape index (κ1) is 12.6. The van der Waals surface area contributed by atoms with E-state index in [9.17, 15) is 10.1 Å². The molecule has 1 saturated heterocycles. The van der Waals surface area contributed by atoms with Crippen molar-refractivity contribution < 1.29 is 9.66 Å². The van der Waals surface area contributed by atoms with Gasteiger partial charge in [0.1, 0.15) is 4.60 Å². The molecule has 6 nitrogen and oxygen atoms in total. The summed E-state index contributed by atoms with van der Waals surface area (Å²) < 4.78 is 8.13. The van der Waals surface area contributed by atoms with E-state index in [4.69, 9.17) is 4.74 Å². The molecule has 1 aliphatic heterocycles. The van der Waals surface area contributed by atoms with Crippen LogP contribution in [0, 0.1) is 10.1 Å². The number of non-ortho nitro benzene ring substituents is 1. The van der Waals surface area contributed by atoms with Crippen molar-refractivity contribution in [1.29, 1.82) is 0 Å². The Morgan fingerprint density at radius 3 is 3.00 bits per heavy atom. The zero-order valence-corrected chi connectivity index (χ0v) is 11.7. The third-order valence-corrected chi connectivity index (χ3v) is 3.87. The molecule has 3 rings (SSSR count). The standard InChI is InChI=1S/C12H12BrN3O3/c13-12-9-7-8(16(17)18)4-5-10(9)15(14-12)11-3-1-2-6-19-11/h4-5,7,11H,1-3,6H2/t11-/m0/s1. The van der Waals surface area contributed by atoms with Crippen LogP contribution in [0.3, 0.4) is 0 Å². The second-order valence-electron chi connectivity index (χ2n) is 4.52. The Morgan fingerprint density at radius 2 is 2.32 bits per heavy atom. The zero-order chi connectivity index (χ0) is 13.4. The summed E-state index contributed by atoms with van der Waals surface area (Å²) in [5, 5.41) is 15.9. The Morgan fingerprint density at radius 1 is 1.47 bits per heavy atom.